The van der Waals surface area contributed by atoms with Crippen molar-refractivity contribution < 1.29 is 16.8 Å². The number of rotatable bonds is 3. The fourth-order valence-electron chi connectivity index (χ4n) is 2.91. The van der Waals surface area contributed by atoms with Gasteiger partial charge in [0.05, 0.1) is 9.79 Å². The lowest BCUT2D eigenvalue weighted by Gasteiger charge is -2.32. The molecule has 0 radical (unpaired) electrons. The summed E-state index contributed by atoms with van der Waals surface area (Å²) in [6, 6.07) is 5.26. The van der Waals surface area contributed by atoms with Crippen LogP contribution in [-0.4, -0.2) is 34.2 Å². The molecule has 0 unspecified atom stereocenters. The number of piperidine rings is 1. The van der Waals surface area contributed by atoms with Gasteiger partial charge >= 0.3 is 0 Å². The summed E-state index contributed by atoms with van der Waals surface area (Å²) in [5, 5.41) is 5.06. The predicted octanol–water partition coefficient (Wildman–Crippen LogP) is 0.899. The maximum Gasteiger partial charge on any atom is 0.243 e. The van der Waals surface area contributed by atoms with Crippen molar-refractivity contribution in [1.82, 2.24) is 4.31 Å². The number of sulfonamides is 2. The summed E-state index contributed by atoms with van der Waals surface area (Å²) in [7, 11) is -7.57. The van der Waals surface area contributed by atoms with Gasteiger partial charge in [-0.15, -0.1) is 0 Å². The molecule has 1 heterocycles. The fraction of sp³-hybridized carbons (Fsp3) is 0.538. The number of benzene rings is 1. The molecular weight excluding hydrogens is 312 g/mol. The minimum atomic E-state index is -3.91. The van der Waals surface area contributed by atoms with Crippen LogP contribution >= 0.6 is 0 Å². The summed E-state index contributed by atoms with van der Waals surface area (Å²) < 4.78 is 49.6. The summed E-state index contributed by atoms with van der Waals surface area (Å²) >= 11 is 0. The highest BCUT2D eigenvalue weighted by Crippen LogP contribution is 2.52. The minimum absolute atomic E-state index is 0.00766. The van der Waals surface area contributed by atoms with Crippen LogP contribution in [0.2, 0.25) is 0 Å². The van der Waals surface area contributed by atoms with E-state index in [2.05, 4.69) is 0 Å². The molecule has 2 fully saturated rings. The Balaban J connectivity index is 1.95. The highest BCUT2D eigenvalue weighted by molar-refractivity contribution is 7.90. The topological polar surface area (TPSA) is 97.5 Å². The van der Waals surface area contributed by atoms with Crippen molar-refractivity contribution in [3.8, 4) is 0 Å². The Labute approximate surface area is 125 Å². The molecule has 3 rings (SSSR count). The normalized spacial score (nSPS) is 22.3. The van der Waals surface area contributed by atoms with Crippen LogP contribution < -0.4 is 5.14 Å². The third kappa shape index (κ3) is 2.85. The van der Waals surface area contributed by atoms with E-state index in [-0.39, 0.29) is 15.2 Å². The Morgan fingerprint density at radius 1 is 1.05 bits per heavy atom. The van der Waals surface area contributed by atoms with Gasteiger partial charge in [-0.1, -0.05) is 6.07 Å². The fourth-order valence-corrected chi connectivity index (χ4v) is 5.19. The van der Waals surface area contributed by atoms with Crippen molar-refractivity contribution in [2.45, 2.75) is 35.5 Å². The SMILES string of the molecule is NS(=O)(=O)c1cccc(S(=O)(=O)N2CCCC3(CC3)C2)c1. The molecule has 0 amide bonds. The van der Waals surface area contributed by atoms with Gasteiger partial charge in [-0.05, 0) is 49.3 Å². The number of nitrogens with zero attached hydrogens (tertiary/aromatic N) is 1. The lowest BCUT2D eigenvalue weighted by Crippen LogP contribution is -2.40. The zero-order valence-corrected chi connectivity index (χ0v) is 13.2. The standard InChI is InChI=1S/C13H18N2O4S2/c14-20(16,17)11-3-1-4-12(9-11)21(18,19)15-8-2-5-13(10-15)6-7-13/h1,3-4,9H,2,5-8,10H2,(H2,14,16,17). The van der Waals surface area contributed by atoms with Gasteiger partial charge in [0.25, 0.3) is 0 Å². The third-order valence-corrected chi connectivity index (χ3v) is 7.11. The van der Waals surface area contributed by atoms with Crippen LogP contribution in [0.4, 0.5) is 0 Å². The van der Waals surface area contributed by atoms with Gasteiger partial charge in [0.15, 0.2) is 0 Å². The Hall–Kier alpha value is -0.960. The molecule has 0 atom stereocenters. The van der Waals surface area contributed by atoms with Crippen LogP contribution in [-0.2, 0) is 20.0 Å². The first kappa shape index (κ1) is 15.0. The first-order chi connectivity index (χ1) is 9.73. The van der Waals surface area contributed by atoms with Crippen LogP contribution in [0.5, 0.6) is 0 Å². The average molecular weight is 330 g/mol. The second-order valence-electron chi connectivity index (χ2n) is 5.96. The minimum Gasteiger partial charge on any atom is -0.225 e. The lowest BCUT2D eigenvalue weighted by atomic mass is 9.97. The summed E-state index contributed by atoms with van der Waals surface area (Å²) in [5.41, 5.74) is 0.170. The number of primary sulfonamides is 1. The highest BCUT2D eigenvalue weighted by Gasteiger charge is 2.48. The van der Waals surface area contributed by atoms with E-state index in [1.54, 1.807) is 0 Å². The van der Waals surface area contributed by atoms with Gasteiger partial charge in [0.2, 0.25) is 20.0 Å². The zero-order chi connectivity index (χ0) is 15.3. The molecule has 116 valence electrons. The van der Waals surface area contributed by atoms with Crippen molar-refractivity contribution in [2.75, 3.05) is 13.1 Å². The lowest BCUT2D eigenvalue weighted by molar-refractivity contribution is 0.249. The largest absolute Gasteiger partial charge is 0.243 e. The maximum atomic E-state index is 12.7. The molecule has 1 aliphatic heterocycles. The first-order valence-electron chi connectivity index (χ1n) is 6.86. The molecule has 1 aromatic carbocycles. The Morgan fingerprint density at radius 3 is 2.33 bits per heavy atom. The maximum absolute atomic E-state index is 12.7. The van der Waals surface area contributed by atoms with Crippen molar-refractivity contribution in [3.63, 3.8) is 0 Å². The van der Waals surface area contributed by atoms with Gasteiger partial charge in [0, 0.05) is 13.1 Å². The van der Waals surface area contributed by atoms with E-state index in [9.17, 15) is 16.8 Å². The Bertz CT molecular complexity index is 767. The Kier molecular flexibility index (Phi) is 3.40. The molecule has 1 saturated carbocycles. The van der Waals surface area contributed by atoms with Gasteiger partial charge in [-0.3, -0.25) is 0 Å². The average Bonchev–Trinajstić information content (AvgIpc) is 3.17. The molecule has 1 aromatic rings. The summed E-state index contributed by atoms with van der Waals surface area (Å²) in [5.74, 6) is 0. The smallest absolute Gasteiger partial charge is 0.225 e. The van der Waals surface area contributed by atoms with Crippen molar-refractivity contribution in [1.29, 1.82) is 0 Å². The monoisotopic (exact) mass is 330 g/mol. The van der Waals surface area contributed by atoms with Gasteiger partial charge in [0.1, 0.15) is 0 Å². The first-order valence-corrected chi connectivity index (χ1v) is 9.85. The molecule has 2 aliphatic rings. The number of hydrogen-bond donors (Lipinski definition) is 1. The number of nitrogens with two attached hydrogens (primary N) is 1. The molecule has 6 nitrogen and oxygen atoms in total. The van der Waals surface area contributed by atoms with Gasteiger partial charge in [-0.25, -0.2) is 22.0 Å². The molecule has 8 heteroatoms. The van der Waals surface area contributed by atoms with E-state index in [1.807, 2.05) is 0 Å². The molecular formula is C13H18N2O4S2. The quantitative estimate of drug-likeness (QED) is 0.890. The van der Waals surface area contributed by atoms with E-state index in [0.717, 1.165) is 31.7 Å². The summed E-state index contributed by atoms with van der Waals surface area (Å²) in [6.07, 6.45) is 4.09. The van der Waals surface area contributed by atoms with E-state index >= 15 is 0 Å². The molecule has 2 N–H and O–H groups in total. The second-order valence-corrected chi connectivity index (χ2v) is 9.46. The van der Waals surface area contributed by atoms with Gasteiger partial charge < -0.3 is 0 Å². The molecule has 21 heavy (non-hydrogen) atoms. The molecule has 1 saturated heterocycles. The second kappa shape index (κ2) is 4.77. The van der Waals surface area contributed by atoms with Crippen LogP contribution in [0.15, 0.2) is 34.1 Å². The van der Waals surface area contributed by atoms with Crippen LogP contribution in [0, 0.1) is 5.41 Å². The van der Waals surface area contributed by atoms with Crippen molar-refractivity contribution in [3.05, 3.63) is 24.3 Å². The molecule has 0 bridgehead atoms. The number of hydrogen-bond acceptors (Lipinski definition) is 4. The molecule has 1 aliphatic carbocycles. The zero-order valence-electron chi connectivity index (χ0n) is 11.5. The van der Waals surface area contributed by atoms with E-state index in [1.165, 1.54) is 22.5 Å². The van der Waals surface area contributed by atoms with E-state index in [0.29, 0.717) is 13.1 Å². The van der Waals surface area contributed by atoms with Crippen LogP contribution in [0.1, 0.15) is 25.7 Å². The van der Waals surface area contributed by atoms with Crippen LogP contribution in [0.25, 0.3) is 0 Å². The summed E-state index contributed by atoms with van der Waals surface area (Å²) in [4.78, 5) is -0.187. The highest BCUT2D eigenvalue weighted by atomic mass is 32.2. The molecule has 0 aromatic heterocycles. The predicted molar refractivity (Wildman–Crippen MR) is 77.5 cm³/mol. The van der Waals surface area contributed by atoms with Crippen molar-refractivity contribution in [2.24, 2.45) is 10.6 Å². The third-order valence-electron chi connectivity index (χ3n) is 4.36. The Morgan fingerprint density at radius 2 is 1.71 bits per heavy atom. The summed E-state index contributed by atoms with van der Waals surface area (Å²) in [6.45, 7) is 1.03. The van der Waals surface area contributed by atoms with Crippen LogP contribution in [0.3, 0.4) is 0 Å². The molecule has 1 spiro atoms. The van der Waals surface area contributed by atoms with E-state index < -0.39 is 20.0 Å². The van der Waals surface area contributed by atoms with Gasteiger partial charge in [-0.2, -0.15) is 4.31 Å². The van der Waals surface area contributed by atoms with Crippen molar-refractivity contribution >= 4 is 20.0 Å². The van der Waals surface area contributed by atoms with E-state index in [4.69, 9.17) is 5.14 Å².